The number of aryl methyl sites for hydroxylation is 1. The highest BCUT2D eigenvalue weighted by atomic mass is 32.1. The van der Waals surface area contributed by atoms with E-state index in [2.05, 4.69) is 15.3 Å². The fourth-order valence-corrected chi connectivity index (χ4v) is 3.52. The number of hydrogen-bond acceptors (Lipinski definition) is 6. The summed E-state index contributed by atoms with van der Waals surface area (Å²) in [6.45, 7) is 1.92. The van der Waals surface area contributed by atoms with Crippen LogP contribution in [0.4, 0.5) is 0 Å². The number of rotatable bonds is 2. The van der Waals surface area contributed by atoms with Gasteiger partial charge in [0.05, 0.1) is 12.8 Å². The molecule has 0 fully saturated rings. The average Bonchev–Trinajstić information content (AvgIpc) is 2.94. The van der Waals surface area contributed by atoms with Crippen molar-refractivity contribution < 1.29 is 4.74 Å². The van der Waals surface area contributed by atoms with E-state index in [1.807, 2.05) is 31.2 Å². The number of fused-ring (bicyclic) bond motifs is 3. The second-order valence-electron chi connectivity index (χ2n) is 5.09. The summed E-state index contributed by atoms with van der Waals surface area (Å²) in [5.41, 5.74) is 1.92. The molecule has 7 heteroatoms. The Morgan fingerprint density at radius 2 is 2.09 bits per heavy atom. The molecule has 0 spiro atoms. The van der Waals surface area contributed by atoms with Crippen molar-refractivity contribution in [3.8, 4) is 11.4 Å². The molecule has 0 N–H and O–H groups in total. The molecule has 23 heavy (non-hydrogen) atoms. The van der Waals surface area contributed by atoms with Gasteiger partial charge in [0.15, 0.2) is 0 Å². The van der Waals surface area contributed by atoms with Gasteiger partial charge >= 0.3 is 0 Å². The molecule has 0 atom stereocenters. The number of hydrogen-bond donors (Lipinski definition) is 0. The summed E-state index contributed by atoms with van der Waals surface area (Å²) >= 11 is 1.34. The normalized spacial score (nSPS) is 11.2. The van der Waals surface area contributed by atoms with E-state index >= 15 is 0 Å². The predicted molar refractivity (Wildman–Crippen MR) is 89.6 cm³/mol. The summed E-state index contributed by atoms with van der Waals surface area (Å²) in [6, 6.07) is 11.0. The molecular weight excluding hydrogens is 312 g/mol. The monoisotopic (exact) mass is 324 g/mol. The molecule has 0 saturated carbocycles. The summed E-state index contributed by atoms with van der Waals surface area (Å²) in [5, 5.41) is 9.17. The second-order valence-corrected chi connectivity index (χ2v) is 6.09. The maximum absolute atomic E-state index is 12.8. The van der Waals surface area contributed by atoms with Crippen LogP contribution in [-0.4, -0.2) is 27.1 Å². The van der Waals surface area contributed by atoms with Crippen LogP contribution in [0, 0.1) is 6.92 Å². The summed E-state index contributed by atoms with van der Waals surface area (Å²) in [4.78, 5) is 18.1. The number of ether oxygens (including phenoxy) is 1. The van der Waals surface area contributed by atoms with Crippen LogP contribution in [-0.2, 0) is 0 Å². The van der Waals surface area contributed by atoms with Crippen LogP contribution >= 0.6 is 11.3 Å². The Labute approximate surface area is 135 Å². The smallest absolute Gasteiger partial charge is 0.292 e. The summed E-state index contributed by atoms with van der Waals surface area (Å²) in [7, 11) is 1.58. The van der Waals surface area contributed by atoms with Crippen LogP contribution in [0.25, 0.3) is 26.1 Å². The van der Waals surface area contributed by atoms with Gasteiger partial charge in [-0.2, -0.15) is 4.68 Å². The predicted octanol–water partition coefficient (Wildman–Crippen LogP) is 2.71. The zero-order chi connectivity index (χ0) is 16.0. The van der Waals surface area contributed by atoms with Gasteiger partial charge in [-0.05, 0) is 31.2 Å². The zero-order valence-electron chi connectivity index (χ0n) is 12.5. The Kier molecular flexibility index (Phi) is 3.09. The summed E-state index contributed by atoms with van der Waals surface area (Å²) in [5.74, 6) is 0.657. The molecule has 3 heterocycles. The molecule has 4 aromatic rings. The van der Waals surface area contributed by atoms with Crippen molar-refractivity contribution in [2.45, 2.75) is 6.92 Å². The molecule has 6 nitrogen and oxygen atoms in total. The van der Waals surface area contributed by atoms with E-state index in [9.17, 15) is 4.79 Å². The van der Waals surface area contributed by atoms with Crippen molar-refractivity contribution in [1.82, 2.24) is 20.0 Å². The molecule has 4 rings (SSSR count). The summed E-state index contributed by atoms with van der Waals surface area (Å²) < 4.78 is 7.03. The van der Waals surface area contributed by atoms with Crippen LogP contribution in [0.1, 0.15) is 5.69 Å². The van der Waals surface area contributed by atoms with E-state index in [0.29, 0.717) is 21.7 Å². The van der Waals surface area contributed by atoms with E-state index < -0.39 is 0 Å². The Balaban J connectivity index is 2.01. The van der Waals surface area contributed by atoms with Crippen molar-refractivity contribution in [1.29, 1.82) is 0 Å². The molecule has 114 valence electrons. The lowest BCUT2D eigenvalue weighted by Gasteiger charge is -2.05. The molecule has 1 aromatic carbocycles. The van der Waals surface area contributed by atoms with Gasteiger partial charge in [-0.15, -0.1) is 16.4 Å². The average molecular weight is 324 g/mol. The lowest BCUT2D eigenvalue weighted by Crippen LogP contribution is -2.21. The van der Waals surface area contributed by atoms with Crippen LogP contribution in [0.15, 0.2) is 41.2 Å². The highest BCUT2D eigenvalue weighted by Gasteiger charge is 2.14. The standard InChI is InChI=1S/C16H12N4O2S/c1-9-6-7-12-13-14(23-15(12)17-9)16(21)20(19-18-13)10-4-3-5-11(8-10)22-2/h3-8H,1-2H3. The maximum atomic E-state index is 12.8. The molecule has 0 aliphatic heterocycles. The lowest BCUT2D eigenvalue weighted by molar-refractivity contribution is 0.414. The quantitative estimate of drug-likeness (QED) is 0.567. The Bertz CT molecular complexity index is 1100. The zero-order valence-corrected chi connectivity index (χ0v) is 13.3. The maximum Gasteiger partial charge on any atom is 0.292 e. The van der Waals surface area contributed by atoms with Gasteiger partial charge in [-0.1, -0.05) is 11.3 Å². The van der Waals surface area contributed by atoms with Gasteiger partial charge in [-0.3, -0.25) is 4.79 Å². The van der Waals surface area contributed by atoms with Gasteiger partial charge < -0.3 is 4.74 Å². The fraction of sp³-hybridized carbons (Fsp3) is 0.125. The molecule has 0 bridgehead atoms. The first kappa shape index (κ1) is 13.8. The SMILES string of the molecule is COc1cccc(-n2nnc3c(sc4nc(C)ccc43)c2=O)c1. The first-order valence-corrected chi connectivity index (χ1v) is 7.79. The van der Waals surface area contributed by atoms with Crippen molar-refractivity contribution >= 4 is 31.8 Å². The van der Waals surface area contributed by atoms with Gasteiger partial charge in [0.1, 0.15) is 20.8 Å². The fourth-order valence-electron chi connectivity index (χ4n) is 2.44. The Morgan fingerprint density at radius 3 is 2.91 bits per heavy atom. The number of nitrogens with zero attached hydrogens (tertiary/aromatic N) is 4. The first-order chi connectivity index (χ1) is 11.2. The van der Waals surface area contributed by atoms with E-state index in [4.69, 9.17) is 4.74 Å². The minimum absolute atomic E-state index is 0.205. The number of thiophene rings is 1. The van der Waals surface area contributed by atoms with E-state index in [1.165, 1.54) is 16.0 Å². The number of methoxy groups -OCH3 is 1. The first-order valence-electron chi connectivity index (χ1n) is 6.97. The minimum atomic E-state index is -0.205. The van der Waals surface area contributed by atoms with Crippen molar-refractivity contribution in [3.05, 3.63) is 52.4 Å². The second kappa shape index (κ2) is 5.13. The molecular formula is C16H12N4O2S. The largest absolute Gasteiger partial charge is 0.497 e. The summed E-state index contributed by atoms with van der Waals surface area (Å²) in [6.07, 6.45) is 0. The minimum Gasteiger partial charge on any atom is -0.497 e. The molecule has 3 aromatic heterocycles. The van der Waals surface area contributed by atoms with Crippen LogP contribution < -0.4 is 10.3 Å². The molecule has 0 amide bonds. The van der Waals surface area contributed by atoms with Crippen LogP contribution in [0.5, 0.6) is 5.75 Å². The topological polar surface area (TPSA) is 69.9 Å². The van der Waals surface area contributed by atoms with Gasteiger partial charge in [0, 0.05) is 17.1 Å². The van der Waals surface area contributed by atoms with E-state index in [0.717, 1.165) is 15.9 Å². The van der Waals surface area contributed by atoms with Gasteiger partial charge in [0.25, 0.3) is 5.56 Å². The number of pyridine rings is 1. The highest BCUT2D eigenvalue weighted by Crippen LogP contribution is 2.28. The van der Waals surface area contributed by atoms with Crippen LogP contribution in [0.3, 0.4) is 0 Å². The third kappa shape index (κ3) is 2.17. The van der Waals surface area contributed by atoms with Gasteiger partial charge in [-0.25, -0.2) is 4.98 Å². The van der Waals surface area contributed by atoms with E-state index in [1.54, 1.807) is 19.2 Å². The van der Waals surface area contributed by atoms with Crippen molar-refractivity contribution in [2.75, 3.05) is 7.11 Å². The Morgan fingerprint density at radius 1 is 1.22 bits per heavy atom. The van der Waals surface area contributed by atoms with Crippen molar-refractivity contribution in [2.24, 2.45) is 0 Å². The number of benzene rings is 1. The third-order valence-electron chi connectivity index (χ3n) is 3.59. The molecule has 0 radical (unpaired) electrons. The number of aromatic nitrogens is 4. The van der Waals surface area contributed by atoms with E-state index in [-0.39, 0.29) is 5.56 Å². The molecule has 0 aliphatic rings. The highest BCUT2D eigenvalue weighted by molar-refractivity contribution is 7.25. The molecule has 0 unspecified atom stereocenters. The molecule has 0 saturated heterocycles. The molecule has 0 aliphatic carbocycles. The van der Waals surface area contributed by atoms with Gasteiger partial charge in [0.2, 0.25) is 0 Å². The van der Waals surface area contributed by atoms with Crippen molar-refractivity contribution in [3.63, 3.8) is 0 Å². The third-order valence-corrected chi connectivity index (χ3v) is 4.66. The van der Waals surface area contributed by atoms with Crippen LogP contribution in [0.2, 0.25) is 0 Å². The Hall–Kier alpha value is -2.80. The lowest BCUT2D eigenvalue weighted by atomic mass is 10.3.